The number of hydrogen-bond acceptors (Lipinski definition) is 9. The number of aromatic hydroxyl groups is 2. The highest BCUT2D eigenvalue weighted by Gasteiger charge is 2.17. The fourth-order valence-corrected chi connectivity index (χ4v) is 4.21. The monoisotopic (exact) mass is 622 g/mol. The smallest absolute Gasteiger partial charge is 0.305 e. The van der Waals surface area contributed by atoms with Crippen molar-refractivity contribution in [3.05, 3.63) is 94.5 Å². The molecule has 0 fully saturated rings. The molecule has 4 rings (SSSR count). The zero-order valence-electron chi connectivity index (χ0n) is 23.3. The van der Waals surface area contributed by atoms with Gasteiger partial charge in [0, 0.05) is 52.8 Å². The number of Topliss-reactive ketones (excluding diaryl/α,β-unsaturated/α-hetero) is 3. The van der Waals surface area contributed by atoms with Crippen LogP contribution in [0.1, 0.15) is 53.6 Å². The van der Waals surface area contributed by atoms with Crippen molar-refractivity contribution < 1.29 is 34.1 Å². The lowest BCUT2D eigenvalue weighted by molar-refractivity contribution is -0.140. The number of hydrogen-bond donors (Lipinski definition) is 2. The Hall–Kier alpha value is -4.60. The van der Waals surface area contributed by atoms with E-state index in [2.05, 4.69) is 14.7 Å². The van der Waals surface area contributed by atoms with Crippen LogP contribution in [0.4, 0.5) is 0 Å². The molecular weight excluding hydrogens is 595 g/mol. The lowest BCUT2D eigenvalue weighted by atomic mass is 10.0. The van der Waals surface area contributed by atoms with Crippen molar-refractivity contribution in [3.63, 3.8) is 0 Å². The van der Waals surface area contributed by atoms with Gasteiger partial charge in [0.2, 0.25) is 0 Å². The Morgan fingerprint density at radius 2 is 1.12 bits per heavy atom. The fourth-order valence-electron chi connectivity index (χ4n) is 3.83. The maximum absolute atomic E-state index is 11.9. The van der Waals surface area contributed by atoms with Crippen LogP contribution in [0.3, 0.4) is 0 Å². The molecule has 0 unspecified atom stereocenters. The second kappa shape index (κ2) is 15.6. The molecule has 2 heterocycles. The standard InChI is InChI=1S/C16H14ClNO4.C16H14ClNO3/c1-22-15(21)6-5-13(19)16-14(20)8-11(9-18-16)10-3-2-4-12(17)7-10;1-10(19)5-6-14(20)16-15(21)8-12(9-18-16)11-3-2-4-13(17)7-11/h2-4,7-9,20H,5-6H2,1H3;2-4,7-9,21H,5-6H2,1H3. The Morgan fingerprint density at radius 1 is 0.674 bits per heavy atom. The number of ketones is 3. The fraction of sp³-hybridized carbons (Fsp3) is 0.188. The van der Waals surface area contributed by atoms with Gasteiger partial charge in [0.15, 0.2) is 11.6 Å². The molecule has 2 N–H and O–H groups in total. The molecular formula is C32H28Cl2N2O7. The number of methoxy groups -OCH3 is 1. The van der Waals surface area contributed by atoms with E-state index in [9.17, 15) is 29.4 Å². The van der Waals surface area contributed by atoms with E-state index < -0.39 is 11.8 Å². The highest BCUT2D eigenvalue weighted by Crippen LogP contribution is 2.28. The van der Waals surface area contributed by atoms with E-state index in [-0.39, 0.29) is 60.1 Å². The third-order valence-electron chi connectivity index (χ3n) is 6.07. The van der Waals surface area contributed by atoms with Crippen LogP contribution in [-0.2, 0) is 14.3 Å². The van der Waals surface area contributed by atoms with Crippen LogP contribution in [0.15, 0.2) is 73.1 Å². The Morgan fingerprint density at radius 3 is 1.49 bits per heavy atom. The number of carbonyl (C=O) groups is 4. The van der Waals surface area contributed by atoms with Crippen molar-refractivity contribution in [2.75, 3.05) is 7.11 Å². The van der Waals surface area contributed by atoms with Gasteiger partial charge >= 0.3 is 5.97 Å². The highest BCUT2D eigenvalue weighted by atomic mass is 35.5. The molecule has 2 aromatic carbocycles. The van der Waals surface area contributed by atoms with Gasteiger partial charge in [-0.1, -0.05) is 47.5 Å². The van der Waals surface area contributed by atoms with E-state index in [1.165, 1.54) is 38.6 Å². The molecule has 0 aliphatic carbocycles. The minimum Gasteiger partial charge on any atom is -0.506 e. The van der Waals surface area contributed by atoms with Gasteiger partial charge in [-0.2, -0.15) is 0 Å². The molecule has 11 heteroatoms. The van der Waals surface area contributed by atoms with Crippen molar-refractivity contribution in [3.8, 4) is 33.8 Å². The summed E-state index contributed by atoms with van der Waals surface area (Å²) >= 11 is 11.8. The lowest BCUT2D eigenvalue weighted by Crippen LogP contribution is -2.07. The van der Waals surface area contributed by atoms with Crippen molar-refractivity contribution in [2.45, 2.75) is 32.6 Å². The molecule has 0 bridgehead atoms. The predicted molar refractivity (Wildman–Crippen MR) is 163 cm³/mol. The van der Waals surface area contributed by atoms with Crippen LogP contribution in [-0.4, -0.2) is 50.6 Å². The molecule has 43 heavy (non-hydrogen) atoms. The summed E-state index contributed by atoms with van der Waals surface area (Å²) in [5, 5.41) is 21.1. The highest BCUT2D eigenvalue weighted by molar-refractivity contribution is 6.31. The maximum atomic E-state index is 11.9. The minimum absolute atomic E-state index is 0.0120. The van der Waals surface area contributed by atoms with Gasteiger partial charge in [-0.05, 0) is 54.4 Å². The molecule has 0 spiro atoms. The number of benzene rings is 2. The topological polar surface area (TPSA) is 144 Å². The van der Waals surface area contributed by atoms with E-state index in [0.29, 0.717) is 21.2 Å². The number of esters is 1. The van der Waals surface area contributed by atoms with Gasteiger partial charge in [0.25, 0.3) is 0 Å². The van der Waals surface area contributed by atoms with E-state index in [4.69, 9.17) is 23.2 Å². The molecule has 222 valence electrons. The zero-order valence-corrected chi connectivity index (χ0v) is 24.9. The van der Waals surface area contributed by atoms with Crippen molar-refractivity contribution in [1.82, 2.24) is 9.97 Å². The summed E-state index contributed by atoms with van der Waals surface area (Å²) < 4.78 is 4.47. The van der Waals surface area contributed by atoms with Crippen LogP contribution >= 0.6 is 23.2 Å². The van der Waals surface area contributed by atoms with Crippen LogP contribution in [0.5, 0.6) is 11.5 Å². The lowest BCUT2D eigenvalue weighted by Gasteiger charge is -2.06. The second-order valence-corrected chi connectivity index (χ2v) is 10.2. The van der Waals surface area contributed by atoms with Crippen LogP contribution in [0.2, 0.25) is 10.0 Å². The molecule has 0 atom stereocenters. The van der Waals surface area contributed by atoms with Crippen molar-refractivity contribution in [2.24, 2.45) is 0 Å². The average Bonchev–Trinajstić information content (AvgIpc) is 2.98. The average molecular weight is 623 g/mol. The number of carbonyl (C=O) groups excluding carboxylic acids is 4. The minimum atomic E-state index is -0.483. The van der Waals surface area contributed by atoms with E-state index in [1.807, 2.05) is 12.1 Å². The SMILES string of the molecule is CC(=O)CCC(=O)c1ncc(-c2cccc(Cl)c2)cc1O.COC(=O)CCC(=O)c1ncc(-c2cccc(Cl)c2)cc1O. The Kier molecular flexibility index (Phi) is 11.9. The first kappa shape index (κ1) is 32.9. The molecule has 0 aliphatic rings. The van der Waals surface area contributed by atoms with E-state index in [0.717, 1.165) is 11.1 Å². The Labute approximate surface area is 258 Å². The number of nitrogens with zero attached hydrogens (tertiary/aromatic N) is 2. The van der Waals surface area contributed by atoms with Gasteiger partial charge in [-0.25, -0.2) is 9.97 Å². The summed E-state index contributed by atoms with van der Waals surface area (Å²) in [4.78, 5) is 53.7. The molecule has 0 radical (unpaired) electrons. The van der Waals surface area contributed by atoms with E-state index in [1.54, 1.807) is 36.4 Å². The van der Waals surface area contributed by atoms with Gasteiger partial charge in [-0.3, -0.25) is 14.4 Å². The summed E-state index contributed by atoms with van der Waals surface area (Å²) in [6, 6.07) is 17.1. The largest absolute Gasteiger partial charge is 0.506 e. The number of ether oxygens (including phenoxy) is 1. The number of halogens is 2. The van der Waals surface area contributed by atoms with Crippen molar-refractivity contribution >= 4 is 46.5 Å². The number of aromatic nitrogens is 2. The van der Waals surface area contributed by atoms with Gasteiger partial charge in [-0.15, -0.1) is 0 Å². The first-order valence-electron chi connectivity index (χ1n) is 13.0. The molecule has 9 nitrogen and oxygen atoms in total. The third kappa shape index (κ3) is 9.73. The Bertz CT molecular complexity index is 1660. The van der Waals surface area contributed by atoms with Crippen LogP contribution in [0.25, 0.3) is 22.3 Å². The third-order valence-corrected chi connectivity index (χ3v) is 6.54. The predicted octanol–water partition coefficient (Wildman–Crippen LogP) is 6.90. The Balaban J connectivity index is 0.000000236. The molecule has 0 saturated carbocycles. The van der Waals surface area contributed by atoms with Crippen LogP contribution < -0.4 is 0 Å². The summed E-state index contributed by atoms with van der Waals surface area (Å²) in [6.07, 6.45) is 3.07. The van der Waals surface area contributed by atoms with Crippen molar-refractivity contribution in [1.29, 1.82) is 0 Å². The summed E-state index contributed by atoms with van der Waals surface area (Å²) in [5.41, 5.74) is 2.82. The van der Waals surface area contributed by atoms with E-state index >= 15 is 0 Å². The summed E-state index contributed by atoms with van der Waals surface area (Å²) in [7, 11) is 1.25. The molecule has 0 amide bonds. The summed E-state index contributed by atoms with van der Waals surface area (Å²) in [6.45, 7) is 1.42. The molecule has 0 saturated heterocycles. The summed E-state index contributed by atoms with van der Waals surface area (Å²) in [5.74, 6) is -1.74. The number of pyridine rings is 2. The van der Waals surface area contributed by atoms with Gasteiger partial charge in [0.05, 0.1) is 13.5 Å². The second-order valence-electron chi connectivity index (χ2n) is 9.33. The molecule has 4 aromatic rings. The number of rotatable bonds is 10. The zero-order chi connectivity index (χ0) is 31.5. The molecule has 0 aliphatic heterocycles. The first-order valence-corrected chi connectivity index (χ1v) is 13.8. The maximum Gasteiger partial charge on any atom is 0.305 e. The normalized spacial score (nSPS) is 10.3. The molecule has 2 aromatic heterocycles. The van der Waals surface area contributed by atoms with Crippen LogP contribution in [0, 0.1) is 0 Å². The van der Waals surface area contributed by atoms with Gasteiger partial charge < -0.3 is 19.7 Å². The quantitative estimate of drug-likeness (QED) is 0.142. The first-order chi connectivity index (χ1) is 20.5. The van der Waals surface area contributed by atoms with Gasteiger partial charge in [0.1, 0.15) is 28.7 Å².